The zero-order chi connectivity index (χ0) is 48.7. The summed E-state index contributed by atoms with van der Waals surface area (Å²) in [5, 5.41) is 4.76. The second kappa shape index (κ2) is 14.0. The van der Waals surface area contributed by atoms with Crippen molar-refractivity contribution in [3.05, 3.63) is 208 Å². The summed E-state index contributed by atoms with van der Waals surface area (Å²) in [6, 6.07) is 61.3. The average molecular weight is 920 g/mol. The molecule has 0 aliphatic heterocycles. The summed E-state index contributed by atoms with van der Waals surface area (Å²) in [4.78, 5) is 2.49. The van der Waals surface area contributed by atoms with Gasteiger partial charge in [0.15, 0.2) is 0 Å². The van der Waals surface area contributed by atoms with Crippen LogP contribution < -0.4 is 4.90 Å². The molecule has 0 saturated heterocycles. The summed E-state index contributed by atoms with van der Waals surface area (Å²) in [6.45, 7) is 23.6. The Morgan fingerprint density at radius 1 is 0.408 bits per heavy atom. The van der Waals surface area contributed by atoms with Gasteiger partial charge in [-0.05, 0) is 139 Å². The van der Waals surface area contributed by atoms with E-state index in [1.165, 1.54) is 99.6 Å². The summed E-state index contributed by atoms with van der Waals surface area (Å²) in [5.74, 6) is 0. The van der Waals surface area contributed by atoms with Gasteiger partial charge in [-0.1, -0.05) is 177 Å². The van der Waals surface area contributed by atoms with Gasteiger partial charge in [0, 0.05) is 66.0 Å². The molecule has 3 aliphatic rings. The van der Waals surface area contributed by atoms with Crippen LogP contribution in [0.2, 0.25) is 0 Å². The summed E-state index contributed by atoms with van der Waals surface area (Å²) >= 11 is 0. The van der Waals surface area contributed by atoms with Gasteiger partial charge in [0.1, 0.15) is 22.3 Å². The van der Waals surface area contributed by atoms with Crippen molar-refractivity contribution in [3.63, 3.8) is 0 Å². The molecule has 0 atom stereocenters. The molecule has 0 fully saturated rings. The van der Waals surface area contributed by atoms with Crippen LogP contribution in [0.3, 0.4) is 0 Å². The van der Waals surface area contributed by atoms with E-state index in [1.807, 2.05) is 0 Å². The Morgan fingerprint density at radius 3 is 1.56 bits per heavy atom. The molecule has 0 radical (unpaired) electrons. The van der Waals surface area contributed by atoms with E-state index in [1.54, 1.807) is 0 Å². The third kappa shape index (κ3) is 5.61. The number of fused-ring (bicyclic) bond motifs is 19. The van der Waals surface area contributed by atoms with Gasteiger partial charge in [-0.15, -0.1) is 0 Å². The van der Waals surface area contributed by atoms with Gasteiger partial charge >= 0.3 is 0 Å². The SMILES string of the molecule is Cc1ccc(-c2cc3c(c4c2oc2ccccc24)-c2ccc(N(c4ccc(C(C)(C)C)cc4)c4ccc5c(c4)C(C)(C)c4c6c(c7c(oc8ccccc87)c4-5)-c4ccccc4C6(C)C)cc2C3(C)C)cc1. The summed E-state index contributed by atoms with van der Waals surface area (Å²) in [5.41, 5.74) is 27.0. The smallest absolute Gasteiger partial charge is 0.144 e. The molecule has 11 aromatic rings. The first-order chi connectivity index (χ1) is 34.0. The van der Waals surface area contributed by atoms with Crippen molar-refractivity contribution in [2.75, 3.05) is 4.90 Å². The molecule has 0 bridgehead atoms. The Labute approximate surface area is 416 Å². The molecule has 0 spiro atoms. The molecular formula is C68H57NO2. The molecule has 3 heteroatoms. The van der Waals surface area contributed by atoms with E-state index < -0.39 is 0 Å². The summed E-state index contributed by atoms with van der Waals surface area (Å²) < 4.78 is 13.9. The fraction of sp³-hybridized carbons (Fsp3) is 0.206. The summed E-state index contributed by atoms with van der Waals surface area (Å²) in [7, 11) is 0. The maximum absolute atomic E-state index is 7.06. The Bertz CT molecular complexity index is 4110. The number of para-hydroxylation sites is 2. The van der Waals surface area contributed by atoms with E-state index in [-0.39, 0.29) is 21.7 Å². The third-order valence-corrected chi connectivity index (χ3v) is 17.0. The van der Waals surface area contributed by atoms with E-state index in [2.05, 4.69) is 238 Å². The highest BCUT2D eigenvalue weighted by Crippen LogP contribution is 2.64. The average Bonchev–Trinajstić information content (AvgIpc) is 4.11. The molecular weight excluding hydrogens is 863 g/mol. The largest absolute Gasteiger partial charge is 0.455 e. The number of rotatable bonds is 4. The predicted molar refractivity (Wildman–Crippen MR) is 297 cm³/mol. The van der Waals surface area contributed by atoms with E-state index in [9.17, 15) is 0 Å². The van der Waals surface area contributed by atoms with Crippen LogP contribution in [0.25, 0.3) is 88.4 Å². The maximum atomic E-state index is 7.06. The van der Waals surface area contributed by atoms with E-state index in [0.29, 0.717) is 0 Å². The highest BCUT2D eigenvalue weighted by atomic mass is 16.3. The van der Waals surface area contributed by atoms with Gasteiger partial charge in [-0.2, -0.15) is 0 Å². The van der Waals surface area contributed by atoms with Gasteiger partial charge < -0.3 is 13.7 Å². The fourth-order valence-electron chi connectivity index (χ4n) is 13.4. The van der Waals surface area contributed by atoms with Crippen LogP contribution in [-0.4, -0.2) is 0 Å². The van der Waals surface area contributed by atoms with Crippen LogP contribution >= 0.6 is 0 Å². The van der Waals surface area contributed by atoms with Crippen LogP contribution in [0.15, 0.2) is 173 Å². The number of aryl methyl sites for hydroxylation is 1. The fourth-order valence-corrected chi connectivity index (χ4v) is 13.4. The van der Waals surface area contributed by atoms with Crippen LogP contribution in [0.1, 0.15) is 107 Å². The highest BCUT2D eigenvalue weighted by molar-refractivity contribution is 6.21. The van der Waals surface area contributed by atoms with Crippen molar-refractivity contribution in [1.82, 2.24) is 0 Å². The van der Waals surface area contributed by atoms with Gasteiger partial charge in [-0.25, -0.2) is 0 Å². The Morgan fingerprint density at radius 2 is 0.915 bits per heavy atom. The minimum atomic E-state index is -0.339. The van der Waals surface area contributed by atoms with Gasteiger partial charge in [0.2, 0.25) is 0 Å². The van der Waals surface area contributed by atoms with Gasteiger partial charge in [0.05, 0.1) is 0 Å². The highest BCUT2D eigenvalue weighted by Gasteiger charge is 2.49. The van der Waals surface area contributed by atoms with Crippen molar-refractivity contribution < 1.29 is 8.83 Å². The first-order valence-corrected chi connectivity index (χ1v) is 25.4. The van der Waals surface area contributed by atoms with Crippen molar-refractivity contribution in [3.8, 4) is 44.5 Å². The standard InChI is InChI=1S/C68H57NO2/c1-38-23-25-39(26-24-38)49-37-53-56(58-47-18-12-15-21-54(47)70-63(49)58)45-33-31-42(35-51(45)66(53,5)6)69(41-29-27-40(28-30-41)65(2,3)4)43-32-34-46-52(36-43)68(9,10)62-60(46)64-59(48-19-13-16-22-55(48)71-64)57-44-17-11-14-20-50(44)67(7,8)61(57)62/h11-37H,1-10H3. The first kappa shape index (κ1) is 42.3. The minimum Gasteiger partial charge on any atom is -0.455 e. The van der Waals surface area contributed by atoms with E-state index in [4.69, 9.17) is 8.83 Å². The Kier molecular flexibility index (Phi) is 8.36. The quantitative estimate of drug-likeness (QED) is 0.176. The van der Waals surface area contributed by atoms with E-state index >= 15 is 0 Å². The molecule has 3 aliphatic carbocycles. The monoisotopic (exact) mass is 919 g/mol. The van der Waals surface area contributed by atoms with Crippen LogP contribution in [-0.2, 0) is 21.7 Å². The lowest BCUT2D eigenvalue weighted by atomic mass is 9.72. The van der Waals surface area contributed by atoms with Crippen LogP contribution in [0, 0.1) is 6.92 Å². The predicted octanol–water partition coefficient (Wildman–Crippen LogP) is 19.1. The molecule has 2 heterocycles. The second-order valence-corrected chi connectivity index (χ2v) is 23.3. The summed E-state index contributed by atoms with van der Waals surface area (Å²) in [6.07, 6.45) is 0. The molecule has 3 nitrogen and oxygen atoms in total. The van der Waals surface area contributed by atoms with E-state index in [0.717, 1.165) is 50.3 Å². The van der Waals surface area contributed by atoms with Crippen molar-refractivity contribution in [2.24, 2.45) is 0 Å². The molecule has 0 saturated carbocycles. The zero-order valence-corrected chi connectivity index (χ0v) is 42.4. The number of hydrogen-bond donors (Lipinski definition) is 0. The molecule has 0 unspecified atom stereocenters. The third-order valence-electron chi connectivity index (χ3n) is 17.0. The molecule has 0 N–H and O–H groups in total. The number of furan rings is 2. The van der Waals surface area contributed by atoms with Crippen molar-refractivity contribution >= 4 is 60.9 Å². The molecule has 0 amide bonds. The first-order valence-electron chi connectivity index (χ1n) is 25.4. The Balaban J connectivity index is 0.987. The number of hydrogen-bond acceptors (Lipinski definition) is 3. The lowest BCUT2D eigenvalue weighted by Crippen LogP contribution is -2.24. The molecule has 71 heavy (non-hydrogen) atoms. The normalized spacial score (nSPS) is 15.5. The maximum Gasteiger partial charge on any atom is 0.144 e. The molecule has 346 valence electrons. The lowest BCUT2D eigenvalue weighted by molar-refractivity contribution is 0.590. The second-order valence-electron chi connectivity index (χ2n) is 23.3. The number of benzene rings is 9. The topological polar surface area (TPSA) is 29.5 Å². The van der Waals surface area contributed by atoms with Gasteiger partial charge in [0.25, 0.3) is 0 Å². The van der Waals surface area contributed by atoms with Crippen LogP contribution in [0.5, 0.6) is 0 Å². The number of anilines is 3. The van der Waals surface area contributed by atoms with Crippen LogP contribution in [0.4, 0.5) is 17.1 Å². The van der Waals surface area contributed by atoms with Crippen molar-refractivity contribution in [2.45, 2.75) is 90.9 Å². The van der Waals surface area contributed by atoms with Gasteiger partial charge in [-0.3, -0.25) is 0 Å². The molecule has 2 aromatic heterocycles. The number of nitrogens with zero attached hydrogens (tertiary/aromatic N) is 1. The zero-order valence-electron chi connectivity index (χ0n) is 42.4. The Hall–Kier alpha value is -7.62. The molecule has 9 aromatic carbocycles. The van der Waals surface area contributed by atoms with Crippen molar-refractivity contribution in [1.29, 1.82) is 0 Å². The lowest BCUT2D eigenvalue weighted by Gasteiger charge is -2.32. The molecule has 14 rings (SSSR count). The minimum absolute atomic E-state index is 0.0197.